The van der Waals surface area contributed by atoms with Crippen molar-refractivity contribution in [3.63, 3.8) is 0 Å². The van der Waals surface area contributed by atoms with Crippen molar-refractivity contribution >= 4 is 29.9 Å². The third-order valence-corrected chi connectivity index (χ3v) is 5.46. The molecule has 2 saturated carbocycles. The molecule has 2 aliphatic carbocycles. The van der Waals surface area contributed by atoms with E-state index in [4.69, 9.17) is 9.26 Å². The van der Waals surface area contributed by atoms with Gasteiger partial charge in [-0.3, -0.25) is 0 Å². The molecule has 0 saturated heterocycles. The first-order valence-corrected chi connectivity index (χ1v) is 9.32. The van der Waals surface area contributed by atoms with Gasteiger partial charge in [0.05, 0.1) is 11.8 Å². The average molecular weight is 462 g/mol. The van der Waals surface area contributed by atoms with E-state index in [1.807, 2.05) is 6.07 Å². The Balaban J connectivity index is 0.00000225. The Bertz CT molecular complexity index is 571. The molecule has 0 aromatic carbocycles. The van der Waals surface area contributed by atoms with Gasteiger partial charge in [0.2, 0.25) is 0 Å². The number of rotatable bonds is 7. The number of halogens is 1. The number of nitrogens with zero attached hydrogens (tertiary/aromatic N) is 2. The van der Waals surface area contributed by atoms with E-state index in [1.54, 1.807) is 0 Å². The number of guanidine groups is 1. The highest BCUT2D eigenvalue weighted by Crippen LogP contribution is 2.57. The molecule has 142 valence electrons. The predicted octanol–water partition coefficient (Wildman–Crippen LogP) is 3.26. The zero-order chi connectivity index (χ0) is 17.0. The van der Waals surface area contributed by atoms with Gasteiger partial charge in [-0.05, 0) is 39.5 Å². The SMILES string of the molecule is CCNC(=NCc1cc(CC)no1)NC1CC(OCC)C12CCC2.I. The van der Waals surface area contributed by atoms with Crippen LogP contribution in [0.15, 0.2) is 15.6 Å². The van der Waals surface area contributed by atoms with Crippen molar-refractivity contribution in [2.24, 2.45) is 10.4 Å². The molecule has 0 amide bonds. The van der Waals surface area contributed by atoms with Crippen LogP contribution in [0.1, 0.15) is 57.9 Å². The van der Waals surface area contributed by atoms with Crippen molar-refractivity contribution in [2.75, 3.05) is 13.2 Å². The molecule has 1 aromatic heterocycles. The van der Waals surface area contributed by atoms with Gasteiger partial charge in [-0.15, -0.1) is 24.0 Å². The minimum absolute atomic E-state index is 0. The summed E-state index contributed by atoms with van der Waals surface area (Å²) in [5.41, 5.74) is 1.30. The molecule has 0 radical (unpaired) electrons. The predicted molar refractivity (Wildman–Crippen MR) is 109 cm³/mol. The summed E-state index contributed by atoms with van der Waals surface area (Å²) < 4.78 is 11.2. The maximum absolute atomic E-state index is 5.93. The quantitative estimate of drug-likeness (QED) is 0.370. The molecule has 2 aliphatic rings. The van der Waals surface area contributed by atoms with Crippen LogP contribution in [0.5, 0.6) is 0 Å². The Kier molecular flexibility index (Phi) is 7.54. The molecule has 3 rings (SSSR count). The molecule has 0 aliphatic heterocycles. The smallest absolute Gasteiger partial charge is 0.191 e. The maximum atomic E-state index is 5.93. The Morgan fingerprint density at radius 2 is 2.20 bits per heavy atom. The molecular formula is C18H31IN4O2. The highest BCUT2D eigenvalue weighted by molar-refractivity contribution is 14.0. The third-order valence-electron chi connectivity index (χ3n) is 5.46. The van der Waals surface area contributed by atoms with Gasteiger partial charge in [-0.1, -0.05) is 18.5 Å². The topological polar surface area (TPSA) is 71.7 Å². The minimum atomic E-state index is 0. The zero-order valence-corrected chi connectivity index (χ0v) is 17.8. The lowest BCUT2D eigenvalue weighted by molar-refractivity contribution is -0.168. The summed E-state index contributed by atoms with van der Waals surface area (Å²) in [5.74, 6) is 1.67. The van der Waals surface area contributed by atoms with Crippen molar-refractivity contribution in [1.29, 1.82) is 0 Å². The monoisotopic (exact) mass is 462 g/mol. The highest BCUT2D eigenvalue weighted by Gasteiger charge is 2.59. The molecular weight excluding hydrogens is 431 g/mol. The van der Waals surface area contributed by atoms with Crippen LogP contribution in [0.3, 0.4) is 0 Å². The van der Waals surface area contributed by atoms with E-state index < -0.39 is 0 Å². The van der Waals surface area contributed by atoms with E-state index in [-0.39, 0.29) is 24.0 Å². The Hall–Kier alpha value is -0.830. The van der Waals surface area contributed by atoms with Crippen LogP contribution >= 0.6 is 24.0 Å². The lowest BCUT2D eigenvalue weighted by Crippen LogP contribution is -2.68. The minimum Gasteiger partial charge on any atom is -0.378 e. The zero-order valence-electron chi connectivity index (χ0n) is 15.5. The van der Waals surface area contributed by atoms with Crippen LogP contribution in [0.4, 0.5) is 0 Å². The number of aromatic nitrogens is 1. The van der Waals surface area contributed by atoms with Crippen LogP contribution in [-0.2, 0) is 17.7 Å². The van der Waals surface area contributed by atoms with E-state index in [9.17, 15) is 0 Å². The van der Waals surface area contributed by atoms with E-state index in [0.29, 0.717) is 24.1 Å². The Labute approximate surface area is 167 Å². The molecule has 6 nitrogen and oxygen atoms in total. The van der Waals surface area contributed by atoms with Crippen LogP contribution in [0.25, 0.3) is 0 Å². The standard InChI is InChI=1S/C18H30N4O2.HI/c1-4-13-10-14(24-22-13)12-20-17(19-5-2)21-15-11-16(23-6-3)18(15)8-7-9-18;/h10,15-16H,4-9,11-12H2,1-3H3,(H2,19,20,21);1H. The second kappa shape index (κ2) is 9.21. The number of hydrogen-bond acceptors (Lipinski definition) is 4. The highest BCUT2D eigenvalue weighted by atomic mass is 127. The summed E-state index contributed by atoms with van der Waals surface area (Å²) in [6.07, 6.45) is 6.20. The van der Waals surface area contributed by atoms with Gasteiger partial charge in [0.25, 0.3) is 0 Å². The van der Waals surface area contributed by atoms with Crippen LogP contribution in [0.2, 0.25) is 0 Å². The fourth-order valence-corrected chi connectivity index (χ4v) is 3.88. The van der Waals surface area contributed by atoms with Crippen molar-refractivity contribution < 1.29 is 9.26 Å². The lowest BCUT2D eigenvalue weighted by Gasteiger charge is -2.61. The van der Waals surface area contributed by atoms with Crippen molar-refractivity contribution in [3.05, 3.63) is 17.5 Å². The van der Waals surface area contributed by atoms with E-state index in [1.165, 1.54) is 19.3 Å². The fourth-order valence-electron chi connectivity index (χ4n) is 3.88. The molecule has 25 heavy (non-hydrogen) atoms. The summed E-state index contributed by atoms with van der Waals surface area (Å²) in [6.45, 7) is 8.40. The molecule has 1 spiro atoms. The van der Waals surface area contributed by atoms with Crippen LogP contribution < -0.4 is 10.6 Å². The van der Waals surface area contributed by atoms with Crippen LogP contribution in [0, 0.1) is 5.41 Å². The van der Waals surface area contributed by atoms with Crippen molar-refractivity contribution in [1.82, 2.24) is 15.8 Å². The number of aliphatic imine (C=N–C) groups is 1. The summed E-state index contributed by atoms with van der Waals surface area (Å²) in [6, 6.07) is 2.44. The summed E-state index contributed by atoms with van der Waals surface area (Å²) in [5, 5.41) is 11.0. The number of nitrogens with one attached hydrogen (secondary N) is 2. The van der Waals surface area contributed by atoms with Gasteiger partial charge < -0.3 is 19.9 Å². The second-order valence-electron chi connectivity index (χ2n) is 6.80. The van der Waals surface area contributed by atoms with Gasteiger partial charge in [0, 0.05) is 30.7 Å². The first-order chi connectivity index (χ1) is 11.7. The van der Waals surface area contributed by atoms with Gasteiger partial charge in [-0.2, -0.15) is 0 Å². The van der Waals surface area contributed by atoms with E-state index in [0.717, 1.165) is 43.4 Å². The summed E-state index contributed by atoms with van der Waals surface area (Å²) in [4.78, 5) is 4.67. The molecule has 7 heteroatoms. The number of aryl methyl sites for hydroxylation is 1. The van der Waals surface area contributed by atoms with Crippen LogP contribution in [-0.4, -0.2) is 36.4 Å². The van der Waals surface area contributed by atoms with E-state index in [2.05, 4.69) is 41.6 Å². The lowest BCUT2D eigenvalue weighted by atomic mass is 9.51. The Morgan fingerprint density at radius 1 is 1.40 bits per heavy atom. The molecule has 1 heterocycles. The molecule has 2 fully saturated rings. The molecule has 1 aromatic rings. The van der Waals surface area contributed by atoms with Gasteiger partial charge in [0.1, 0.15) is 6.54 Å². The number of ether oxygens (including phenoxy) is 1. The first kappa shape index (κ1) is 20.5. The largest absolute Gasteiger partial charge is 0.378 e. The third kappa shape index (κ3) is 4.30. The van der Waals surface area contributed by atoms with Crippen molar-refractivity contribution in [2.45, 2.75) is 71.6 Å². The normalized spacial score (nSPS) is 24.2. The first-order valence-electron chi connectivity index (χ1n) is 9.32. The second-order valence-corrected chi connectivity index (χ2v) is 6.80. The maximum Gasteiger partial charge on any atom is 0.191 e. The van der Waals surface area contributed by atoms with Gasteiger partial charge in [0.15, 0.2) is 11.7 Å². The molecule has 2 atom stereocenters. The molecule has 2 N–H and O–H groups in total. The van der Waals surface area contributed by atoms with Gasteiger partial charge in [-0.25, -0.2) is 4.99 Å². The summed E-state index contributed by atoms with van der Waals surface area (Å²) >= 11 is 0. The average Bonchev–Trinajstić information content (AvgIpc) is 2.98. The fraction of sp³-hybridized carbons (Fsp3) is 0.778. The Morgan fingerprint density at radius 3 is 2.76 bits per heavy atom. The van der Waals surface area contributed by atoms with Crippen molar-refractivity contribution in [3.8, 4) is 0 Å². The molecule has 2 unspecified atom stereocenters. The number of hydrogen-bond donors (Lipinski definition) is 2. The van der Waals surface area contributed by atoms with E-state index >= 15 is 0 Å². The van der Waals surface area contributed by atoms with Gasteiger partial charge >= 0.3 is 0 Å². The molecule has 0 bridgehead atoms. The summed E-state index contributed by atoms with van der Waals surface area (Å²) in [7, 11) is 0.